The van der Waals surface area contributed by atoms with Crippen LogP contribution in [0.4, 0.5) is 19.0 Å². The van der Waals surface area contributed by atoms with Crippen LogP contribution in [0.5, 0.6) is 0 Å². The lowest BCUT2D eigenvalue weighted by Crippen LogP contribution is -2.16. The molecular weight excluding hydrogens is 345 g/mol. The largest absolute Gasteiger partial charge is 0.416 e. The van der Waals surface area contributed by atoms with Gasteiger partial charge in [0.2, 0.25) is 0 Å². The summed E-state index contributed by atoms with van der Waals surface area (Å²) in [7, 11) is 0. The highest BCUT2D eigenvalue weighted by atomic mass is 19.4. The van der Waals surface area contributed by atoms with E-state index in [2.05, 4.69) is 10.4 Å². The molecular formula is C18H11F3N4O. The molecule has 1 heterocycles. The number of carbonyl (C=O) groups excluding carboxylic acids is 1. The third-order valence-corrected chi connectivity index (χ3v) is 3.60. The number of rotatable bonds is 3. The molecule has 0 fully saturated rings. The van der Waals surface area contributed by atoms with Crippen molar-refractivity contribution >= 4 is 11.7 Å². The zero-order valence-electron chi connectivity index (χ0n) is 13.2. The topological polar surface area (TPSA) is 70.7 Å². The van der Waals surface area contributed by atoms with Crippen molar-refractivity contribution in [2.45, 2.75) is 6.18 Å². The van der Waals surface area contributed by atoms with E-state index in [4.69, 9.17) is 0 Å². The highest BCUT2D eigenvalue weighted by molar-refractivity contribution is 6.04. The minimum absolute atomic E-state index is 0.0303. The molecule has 1 N–H and O–H groups in total. The van der Waals surface area contributed by atoms with Gasteiger partial charge in [-0.1, -0.05) is 18.2 Å². The Morgan fingerprint density at radius 2 is 1.73 bits per heavy atom. The molecule has 8 heteroatoms. The number of benzene rings is 2. The van der Waals surface area contributed by atoms with Gasteiger partial charge in [0, 0.05) is 5.56 Å². The van der Waals surface area contributed by atoms with Gasteiger partial charge in [-0.3, -0.25) is 4.79 Å². The van der Waals surface area contributed by atoms with Crippen LogP contribution in [0.3, 0.4) is 0 Å². The van der Waals surface area contributed by atoms with E-state index in [1.54, 1.807) is 30.3 Å². The van der Waals surface area contributed by atoms with Crippen LogP contribution in [0.15, 0.2) is 60.8 Å². The number of halogens is 3. The maximum Gasteiger partial charge on any atom is 0.416 e. The molecule has 0 bridgehead atoms. The Labute approximate surface area is 146 Å². The number of carbonyl (C=O) groups is 1. The second-order valence-corrected chi connectivity index (χ2v) is 5.30. The predicted octanol–water partition coefficient (Wildman–Crippen LogP) is 4.02. The summed E-state index contributed by atoms with van der Waals surface area (Å²) in [6.45, 7) is 0. The SMILES string of the molecule is N#Cc1cnn(-c2ccccc2)c1NC(=O)c1ccc(C(F)(F)F)cc1. The zero-order chi connectivity index (χ0) is 18.7. The minimum Gasteiger partial charge on any atom is -0.305 e. The molecule has 26 heavy (non-hydrogen) atoms. The van der Waals surface area contributed by atoms with Gasteiger partial charge in [-0.05, 0) is 36.4 Å². The van der Waals surface area contributed by atoms with Gasteiger partial charge in [-0.15, -0.1) is 0 Å². The van der Waals surface area contributed by atoms with Crippen molar-refractivity contribution in [3.05, 3.63) is 77.5 Å². The number of anilines is 1. The summed E-state index contributed by atoms with van der Waals surface area (Å²) < 4.78 is 39.2. The molecule has 0 aliphatic rings. The van der Waals surface area contributed by atoms with Crippen molar-refractivity contribution in [2.24, 2.45) is 0 Å². The lowest BCUT2D eigenvalue weighted by atomic mass is 10.1. The number of hydrogen-bond acceptors (Lipinski definition) is 3. The van der Waals surface area contributed by atoms with Crippen LogP contribution in [-0.4, -0.2) is 15.7 Å². The van der Waals surface area contributed by atoms with E-state index in [1.807, 2.05) is 6.07 Å². The summed E-state index contributed by atoms with van der Waals surface area (Å²) in [4.78, 5) is 12.4. The highest BCUT2D eigenvalue weighted by Crippen LogP contribution is 2.29. The van der Waals surface area contributed by atoms with Crippen molar-refractivity contribution in [1.82, 2.24) is 9.78 Å². The molecule has 0 unspecified atom stereocenters. The molecule has 130 valence electrons. The molecule has 0 aliphatic heterocycles. The molecule has 5 nitrogen and oxygen atoms in total. The standard InChI is InChI=1S/C18H11F3N4O/c19-18(20,21)14-8-6-12(7-9-14)17(26)24-16-13(10-22)11-23-25(16)15-4-2-1-3-5-15/h1-9,11H,(H,24,26). The Hall–Kier alpha value is -3.60. The smallest absolute Gasteiger partial charge is 0.305 e. The predicted molar refractivity (Wildman–Crippen MR) is 87.7 cm³/mol. The molecule has 0 atom stereocenters. The average Bonchev–Trinajstić information content (AvgIpc) is 3.04. The molecule has 3 aromatic rings. The van der Waals surface area contributed by atoms with E-state index in [-0.39, 0.29) is 16.9 Å². The number of aromatic nitrogens is 2. The first-order chi connectivity index (χ1) is 12.4. The first-order valence-corrected chi connectivity index (χ1v) is 7.42. The number of para-hydroxylation sites is 1. The van der Waals surface area contributed by atoms with Crippen molar-refractivity contribution in [1.29, 1.82) is 5.26 Å². The second kappa shape index (κ2) is 6.72. The number of amides is 1. The summed E-state index contributed by atoms with van der Waals surface area (Å²) in [5.74, 6) is -0.503. The summed E-state index contributed by atoms with van der Waals surface area (Å²) in [5, 5.41) is 15.8. The van der Waals surface area contributed by atoms with Gasteiger partial charge in [0.15, 0.2) is 5.82 Å². The van der Waals surface area contributed by atoms with Gasteiger partial charge in [0.25, 0.3) is 5.91 Å². The Kier molecular flexibility index (Phi) is 4.45. The maximum absolute atomic E-state index is 12.6. The maximum atomic E-state index is 12.6. The third-order valence-electron chi connectivity index (χ3n) is 3.60. The second-order valence-electron chi connectivity index (χ2n) is 5.30. The van der Waals surface area contributed by atoms with Crippen LogP contribution in [-0.2, 0) is 6.18 Å². The van der Waals surface area contributed by atoms with Crippen LogP contribution in [0.2, 0.25) is 0 Å². The summed E-state index contributed by atoms with van der Waals surface area (Å²) in [6, 6.07) is 14.6. The molecule has 0 saturated heterocycles. The molecule has 0 spiro atoms. The minimum atomic E-state index is -4.48. The van der Waals surface area contributed by atoms with E-state index < -0.39 is 17.6 Å². The lowest BCUT2D eigenvalue weighted by molar-refractivity contribution is -0.137. The van der Waals surface area contributed by atoms with Gasteiger partial charge >= 0.3 is 6.18 Å². The van der Waals surface area contributed by atoms with Crippen LogP contribution in [0, 0.1) is 11.3 Å². The van der Waals surface area contributed by atoms with Gasteiger partial charge in [-0.25, -0.2) is 4.68 Å². The molecule has 2 aromatic carbocycles. The van der Waals surface area contributed by atoms with Gasteiger partial charge in [-0.2, -0.15) is 23.5 Å². The van der Waals surface area contributed by atoms with Crippen LogP contribution in [0.1, 0.15) is 21.5 Å². The fourth-order valence-corrected chi connectivity index (χ4v) is 2.31. The fraction of sp³-hybridized carbons (Fsp3) is 0.0556. The monoisotopic (exact) mass is 356 g/mol. The quantitative estimate of drug-likeness (QED) is 0.771. The molecule has 0 radical (unpaired) electrons. The molecule has 0 saturated carbocycles. The molecule has 3 rings (SSSR count). The zero-order valence-corrected chi connectivity index (χ0v) is 13.2. The summed E-state index contributed by atoms with van der Waals surface area (Å²) >= 11 is 0. The Morgan fingerprint density at radius 3 is 2.31 bits per heavy atom. The Bertz CT molecular complexity index is 970. The van der Waals surface area contributed by atoms with Crippen LogP contribution >= 0.6 is 0 Å². The van der Waals surface area contributed by atoms with Gasteiger partial charge in [0.1, 0.15) is 11.6 Å². The highest BCUT2D eigenvalue weighted by Gasteiger charge is 2.30. The Morgan fingerprint density at radius 1 is 1.08 bits per heavy atom. The van der Waals surface area contributed by atoms with E-state index in [0.29, 0.717) is 5.69 Å². The lowest BCUT2D eigenvalue weighted by Gasteiger charge is -2.10. The van der Waals surface area contributed by atoms with Crippen LogP contribution in [0.25, 0.3) is 5.69 Å². The summed E-state index contributed by atoms with van der Waals surface area (Å²) in [6.07, 6.45) is -3.18. The first kappa shape index (κ1) is 17.2. The number of hydrogen-bond donors (Lipinski definition) is 1. The fourth-order valence-electron chi connectivity index (χ4n) is 2.31. The van der Waals surface area contributed by atoms with E-state index in [9.17, 15) is 23.2 Å². The Balaban J connectivity index is 1.90. The molecule has 1 aromatic heterocycles. The van der Waals surface area contributed by atoms with Crippen molar-refractivity contribution in [2.75, 3.05) is 5.32 Å². The molecule has 0 aliphatic carbocycles. The van der Waals surface area contributed by atoms with Gasteiger partial charge in [0.05, 0.1) is 17.4 Å². The van der Waals surface area contributed by atoms with E-state index in [0.717, 1.165) is 24.3 Å². The number of nitrogens with zero attached hydrogens (tertiary/aromatic N) is 3. The van der Waals surface area contributed by atoms with E-state index in [1.165, 1.54) is 10.9 Å². The average molecular weight is 356 g/mol. The van der Waals surface area contributed by atoms with Crippen molar-refractivity contribution < 1.29 is 18.0 Å². The van der Waals surface area contributed by atoms with Crippen LogP contribution < -0.4 is 5.32 Å². The normalized spacial score (nSPS) is 11.0. The van der Waals surface area contributed by atoms with Gasteiger partial charge < -0.3 is 5.32 Å². The van der Waals surface area contributed by atoms with Crippen molar-refractivity contribution in [3.8, 4) is 11.8 Å². The number of alkyl halides is 3. The van der Waals surface area contributed by atoms with E-state index >= 15 is 0 Å². The first-order valence-electron chi connectivity index (χ1n) is 7.42. The summed E-state index contributed by atoms with van der Waals surface area (Å²) in [5.41, 5.74) is -0.0605. The number of nitriles is 1. The number of nitrogens with one attached hydrogen (secondary N) is 1. The van der Waals surface area contributed by atoms with Crippen molar-refractivity contribution in [3.63, 3.8) is 0 Å². The third kappa shape index (κ3) is 3.42. The molecule has 1 amide bonds.